The minimum Gasteiger partial charge on any atom is -0.495 e. The van der Waals surface area contributed by atoms with Crippen LogP contribution in [0.5, 0.6) is 5.75 Å². The molecule has 5 nitrogen and oxygen atoms in total. The zero-order chi connectivity index (χ0) is 22.2. The lowest BCUT2D eigenvalue weighted by Gasteiger charge is -2.32. The zero-order valence-corrected chi connectivity index (χ0v) is 19.2. The number of hydrogen-bond donors (Lipinski definition) is 1. The molecule has 0 spiro atoms. The van der Waals surface area contributed by atoms with Gasteiger partial charge in [-0.1, -0.05) is 66.4 Å². The Morgan fingerprint density at radius 3 is 2.66 bits per heavy atom. The number of amides is 2. The average Bonchev–Trinajstić information content (AvgIpc) is 3.12. The maximum atomic E-state index is 13.0. The van der Waals surface area contributed by atoms with Gasteiger partial charge >= 0.3 is 0 Å². The smallest absolute Gasteiger partial charge is 0.239 e. The summed E-state index contributed by atoms with van der Waals surface area (Å²) in [5.41, 5.74) is 4.03. The van der Waals surface area contributed by atoms with E-state index in [1.807, 2.05) is 29.2 Å². The largest absolute Gasteiger partial charge is 0.495 e. The Kier molecular flexibility index (Phi) is 5.61. The van der Waals surface area contributed by atoms with Gasteiger partial charge in [-0.05, 0) is 52.4 Å². The molecule has 0 aromatic heterocycles. The molecule has 2 aliphatic heterocycles. The van der Waals surface area contributed by atoms with Crippen molar-refractivity contribution < 1.29 is 14.3 Å². The van der Waals surface area contributed by atoms with Crippen molar-refractivity contribution >= 4 is 56.6 Å². The van der Waals surface area contributed by atoms with E-state index in [0.717, 1.165) is 27.8 Å². The number of anilines is 1. The molecule has 1 N–H and O–H groups in total. The highest BCUT2D eigenvalue weighted by Gasteiger charge is 2.33. The minimum atomic E-state index is -0.244. The summed E-state index contributed by atoms with van der Waals surface area (Å²) < 4.78 is 6.19. The molecule has 1 saturated heterocycles. The minimum absolute atomic E-state index is 0.0514. The van der Waals surface area contributed by atoms with Gasteiger partial charge in [0.15, 0.2) is 0 Å². The van der Waals surface area contributed by atoms with Crippen molar-refractivity contribution in [2.45, 2.75) is 31.1 Å². The van der Waals surface area contributed by atoms with Gasteiger partial charge in [0.05, 0.1) is 24.6 Å². The maximum Gasteiger partial charge on any atom is 0.239 e. The molecule has 1 atom stereocenters. The quantitative estimate of drug-likeness (QED) is 0.570. The van der Waals surface area contributed by atoms with Crippen molar-refractivity contribution in [2.24, 2.45) is 0 Å². The van der Waals surface area contributed by atoms with E-state index in [1.165, 1.54) is 17.1 Å². The van der Waals surface area contributed by atoms with Gasteiger partial charge in [-0.15, -0.1) is 0 Å². The number of ether oxygens (including phenoxy) is 1. The highest BCUT2D eigenvalue weighted by molar-refractivity contribution is 8.24. The Labute approximate surface area is 196 Å². The van der Waals surface area contributed by atoms with E-state index >= 15 is 0 Å². The molecule has 0 bridgehead atoms. The molecule has 1 unspecified atom stereocenters. The fourth-order valence-electron chi connectivity index (χ4n) is 4.49. The van der Waals surface area contributed by atoms with Crippen molar-refractivity contribution in [2.75, 3.05) is 12.0 Å². The number of benzene rings is 3. The summed E-state index contributed by atoms with van der Waals surface area (Å²) in [4.78, 5) is 27.1. The highest BCUT2D eigenvalue weighted by atomic mass is 32.2. The summed E-state index contributed by atoms with van der Waals surface area (Å²) in [5.74, 6) is 0.705. The lowest BCUT2D eigenvalue weighted by atomic mass is 9.92. The molecule has 3 aromatic rings. The fraction of sp³-hybridized carbons (Fsp3) is 0.240. The molecular formula is C25H22N2O3S2. The van der Waals surface area contributed by atoms with Crippen LogP contribution in [-0.4, -0.2) is 28.5 Å². The Morgan fingerprint density at radius 2 is 1.91 bits per heavy atom. The van der Waals surface area contributed by atoms with E-state index < -0.39 is 0 Å². The molecule has 162 valence electrons. The molecule has 2 aliphatic rings. The first-order valence-electron chi connectivity index (χ1n) is 10.5. The summed E-state index contributed by atoms with van der Waals surface area (Å²) in [5, 5.41) is 4.80. The number of thiocarbonyl (C=S) groups is 1. The SMILES string of the molecule is COc1ccc(CC2SC(=S)NC2=O)c2c1N(Cc1ccc3ccccc3c1)C(=O)CC2. The van der Waals surface area contributed by atoms with E-state index in [4.69, 9.17) is 17.0 Å². The van der Waals surface area contributed by atoms with Crippen LogP contribution in [0.4, 0.5) is 5.69 Å². The van der Waals surface area contributed by atoms with Gasteiger partial charge in [-0.3, -0.25) is 9.59 Å². The molecule has 0 radical (unpaired) electrons. The van der Waals surface area contributed by atoms with Crippen molar-refractivity contribution in [3.63, 3.8) is 0 Å². The number of carbonyl (C=O) groups is 2. The number of carbonyl (C=O) groups excluding carboxylic acids is 2. The molecule has 5 rings (SSSR count). The van der Waals surface area contributed by atoms with E-state index in [0.29, 0.717) is 35.9 Å². The van der Waals surface area contributed by atoms with E-state index in [2.05, 4.69) is 35.6 Å². The number of fused-ring (bicyclic) bond motifs is 2. The molecule has 1 fully saturated rings. The average molecular weight is 463 g/mol. The number of nitrogens with zero attached hydrogens (tertiary/aromatic N) is 1. The first-order valence-corrected chi connectivity index (χ1v) is 11.8. The Morgan fingerprint density at radius 1 is 1.09 bits per heavy atom. The summed E-state index contributed by atoms with van der Waals surface area (Å²) >= 11 is 6.54. The van der Waals surface area contributed by atoms with Crippen LogP contribution in [0, 0.1) is 0 Å². The number of thioether (sulfide) groups is 1. The first-order chi connectivity index (χ1) is 15.5. The second kappa shape index (κ2) is 8.56. The monoisotopic (exact) mass is 462 g/mol. The number of hydrogen-bond acceptors (Lipinski definition) is 5. The van der Waals surface area contributed by atoms with Crippen LogP contribution in [0.1, 0.15) is 23.1 Å². The fourth-order valence-corrected chi connectivity index (χ4v) is 5.79. The summed E-state index contributed by atoms with van der Waals surface area (Å²) in [6, 6.07) is 18.4. The standard InChI is InChI=1S/C25H22N2O3S2/c1-30-20-10-8-18(13-21-24(29)26-25(31)32-21)19-9-11-22(28)27(23(19)20)14-15-6-7-16-4-2-3-5-17(16)12-15/h2-8,10,12,21H,9,11,13-14H2,1H3,(H,26,29,31). The lowest BCUT2D eigenvalue weighted by Crippen LogP contribution is -2.35. The second-order valence-electron chi connectivity index (χ2n) is 8.00. The van der Waals surface area contributed by atoms with Gasteiger partial charge in [0.2, 0.25) is 11.8 Å². The predicted octanol–water partition coefficient (Wildman–Crippen LogP) is 4.39. The first kappa shape index (κ1) is 21.0. The van der Waals surface area contributed by atoms with Gasteiger partial charge in [0.1, 0.15) is 10.1 Å². The number of nitrogens with one attached hydrogen (secondary N) is 1. The zero-order valence-electron chi connectivity index (χ0n) is 17.6. The van der Waals surface area contributed by atoms with Crippen molar-refractivity contribution in [3.8, 4) is 5.75 Å². The van der Waals surface area contributed by atoms with E-state index in [9.17, 15) is 9.59 Å². The van der Waals surface area contributed by atoms with Crippen LogP contribution in [0.2, 0.25) is 0 Å². The molecule has 2 amide bonds. The summed E-state index contributed by atoms with van der Waals surface area (Å²) in [6.45, 7) is 0.471. The Hall–Kier alpha value is -2.90. The van der Waals surface area contributed by atoms with Crippen LogP contribution in [0.25, 0.3) is 10.8 Å². The van der Waals surface area contributed by atoms with Crippen LogP contribution < -0.4 is 15.0 Å². The van der Waals surface area contributed by atoms with Gasteiger partial charge in [-0.2, -0.15) is 0 Å². The van der Waals surface area contributed by atoms with Crippen LogP contribution in [0.15, 0.2) is 54.6 Å². The third kappa shape index (κ3) is 3.87. The molecular weight excluding hydrogens is 440 g/mol. The third-order valence-electron chi connectivity index (χ3n) is 6.05. The molecule has 3 aromatic carbocycles. The van der Waals surface area contributed by atoms with Gasteiger partial charge in [0, 0.05) is 6.42 Å². The molecule has 2 heterocycles. The topological polar surface area (TPSA) is 58.6 Å². The molecule has 0 aliphatic carbocycles. The van der Waals surface area contributed by atoms with Crippen LogP contribution >= 0.6 is 24.0 Å². The third-order valence-corrected chi connectivity index (χ3v) is 7.42. The van der Waals surface area contributed by atoms with Crippen LogP contribution in [-0.2, 0) is 29.0 Å². The highest BCUT2D eigenvalue weighted by Crippen LogP contribution is 2.41. The molecule has 32 heavy (non-hydrogen) atoms. The van der Waals surface area contributed by atoms with Gasteiger partial charge in [0.25, 0.3) is 0 Å². The lowest BCUT2D eigenvalue weighted by molar-refractivity contribution is -0.119. The Bertz CT molecular complexity index is 1260. The van der Waals surface area contributed by atoms with Crippen molar-refractivity contribution in [1.29, 1.82) is 0 Å². The normalized spacial score (nSPS) is 18.1. The van der Waals surface area contributed by atoms with Gasteiger partial charge in [-0.25, -0.2) is 0 Å². The number of rotatable bonds is 5. The van der Waals surface area contributed by atoms with Gasteiger partial charge < -0.3 is 15.0 Å². The predicted molar refractivity (Wildman–Crippen MR) is 132 cm³/mol. The molecule has 0 saturated carbocycles. The van der Waals surface area contributed by atoms with E-state index in [-0.39, 0.29) is 17.1 Å². The second-order valence-corrected chi connectivity index (χ2v) is 9.88. The summed E-state index contributed by atoms with van der Waals surface area (Å²) in [7, 11) is 1.63. The summed E-state index contributed by atoms with van der Waals surface area (Å²) in [6.07, 6.45) is 1.64. The van der Waals surface area contributed by atoms with Crippen molar-refractivity contribution in [1.82, 2.24) is 5.32 Å². The van der Waals surface area contributed by atoms with E-state index in [1.54, 1.807) is 7.11 Å². The Balaban J connectivity index is 1.52. The van der Waals surface area contributed by atoms with Crippen LogP contribution in [0.3, 0.4) is 0 Å². The number of methoxy groups -OCH3 is 1. The maximum absolute atomic E-state index is 13.0. The van der Waals surface area contributed by atoms with Crippen molar-refractivity contribution in [3.05, 3.63) is 71.3 Å². The molecule has 7 heteroatoms.